The maximum absolute atomic E-state index is 12.7. The standard InChI is InChI=1S/C35H61N2O5/c1-4-6-7-8-9-10-11-12-13-14-15-16-17-18-19-22-25-40-30-34-26-32(28-41-34)29-42-35(39)37(31(3)38)27-33-23-20-21-24-36(33)5-2/h20-21,23-24,32,34H,4-19,22,25-30H2,1-3H3/q+1/t32-,34+/m0/s1. The van der Waals surface area contributed by atoms with Crippen molar-refractivity contribution in [2.24, 2.45) is 5.92 Å². The number of aryl methyl sites for hydroxylation is 1. The smallest absolute Gasteiger partial charge is 0.417 e. The minimum atomic E-state index is -0.600. The zero-order chi connectivity index (χ0) is 30.3. The molecule has 0 spiro atoms. The van der Waals surface area contributed by atoms with Crippen LogP contribution in [0.25, 0.3) is 0 Å². The van der Waals surface area contributed by atoms with Crippen LogP contribution in [0.4, 0.5) is 4.79 Å². The van der Waals surface area contributed by atoms with Crippen molar-refractivity contribution in [1.29, 1.82) is 0 Å². The molecular formula is C35H61N2O5+. The molecule has 2 amide bonds. The Hall–Kier alpha value is -1.99. The first-order chi connectivity index (χ1) is 20.5. The van der Waals surface area contributed by atoms with Gasteiger partial charge in [-0.25, -0.2) is 14.3 Å². The van der Waals surface area contributed by atoms with Gasteiger partial charge in [0.05, 0.1) is 25.9 Å². The fourth-order valence-corrected chi connectivity index (χ4v) is 5.68. The summed E-state index contributed by atoms with van der Waals surface area (Å²) in [4.78, 5) is 26.0. The van der Waals surface area contributed by atoms with Crippen molar-refractivity contribution in [3.8, 4) is 0 Å². The largest absolute Gasteiger partial charge is 0.449 e. The minimum Gasteiger partial charge on any atom is -0.449 e. The number of unbranched alkanes of at least 4 members (excludes halogenated alkanes) is 15. The molecule has 1 saturated heterocycles. The monoisotopic (exact) mass is 589 g/mol. The molecule has 42 heavy (non-hydrogen) atoms. The van der Waals surface area contributed by atoms with E-state index in [0.717, 1.165) is 36.6 Å². The SMILES string of the molecule is CCCCCCCCCCCCCCCCCCOC[C@H]1C[C@H](COC(=O)N(Cc2cccc[n+]2CC)C(C)=O)CO1. The number of rotatable bonds is 24. The van der Waals surface area contributed by atoms with Gasteiger partial charge in [-0.3, -0.25) is 4.79 Å². The lowest BCUT2D eigenvalue weighted by Gasteiger charge is -2.19. The number of pyridine rings is 1. The van der Waals surface area contributed by atoms with Gasteiger partial charge in [0.1, 0.15) is 13.1 Å². The lowest BCUT2D eigenvalue weighted by atomic mass is 10.0. The molecule has 2 heterocycles. The van der Waals surface area contributed by atoms with E-state index in [9.17, 15) is 9.59 Å². The van der Waals surface area contributed by atoms with E-state index in [1.54, 1.807) is 0 Å². The van der Waals surface area contributed by atoms with E-state index < -0.39 is 6.09 Å². The average molecular weight is 590 g/mol. The van der Waals surface area contributed by atoms with Crippen molar-refractivity contribution in [2.75, 3.05) is 26.4 Å². The summed E-state index contributed by atoms with van der Waals surface area (Å²) in [5.41, 5.74) is 0.887. The van der Waals surface area contributed by atoms with Gasteiger partial charge in [-0.1, -0.05) is 109 Å². The Morgan fingerprint density at radius 3 is 2.02 bits per heavy atom. The summed E-state index contributed by atoms with van der Waals surface area (Å²) in [5.74, 6) is -0.196. The van der Waals surface area contributed by atoms with Crippen molar-refractivity contribution >= 4 is 12.0 Å². The van der Waals surface area contributed by atoms with Crippen molar-refractivity contribution in [3.05, 3.63) is 30.1 Å². The highest BCUT2D eigenvalue weighted by Crippen LogP contribution is 2.21. The Morgan fingerprint density at radius 2 is 1.45 bits per heavy atom. The summed E-state index contributed by atoms with van der Waals surface area (Å²) in [6.45, 7) is 8.84. The van der Waals surface area contributed by atoms with Crippen LogP contribution in [0.2, 0.25) is 0 Å². The number of hydrogen-bond acceptors (Lipinski definition) is 5. The van der Waals surface area contributed by atoms with Crippen LogP contribution in [0.15, 0.2) is 24.4 Å². The van der Waals surface area contributed by atoms with Crippen LogP contribution in [0, 0.1) is 5.92 Å². The predicted molar refractivity (Wildman–Crippen MR) is 168 cm³/mol. The normalized spacial score (nSPS) is 16.5. The van der Waals surface area contributed by atoms with Crippen LogP contribution in [0.3, 0.4) is 0 Å². The number of aromatic nitrogens is 1. The van der Waals surface area contributed by atoms with E-state index in [4.69, 9.17) is 14.2 Å². The van der Waals surface area contributed by atoms with E-state index in [1.807, 2.05) is 35.9 Å². The summed E-state index contributed by atoms with van der Waals surface area (Å²) in [7, 11) is 0. The highest BCUT2D eigenvalue weighted by atomic mass is 16.6. The second-order valence-corrected chi connectivity index (χ2v) is 12.1. The molecule has 240 valence electrons. The number of nitrogens with zero attached hydrogens (tertiary/aromatic N) is 2. The number of ether oxygens (including phenoxy) is 3. The van der Waals surface area contributed by atoms with Crippen molar-refractivity contribution in [1.82, 2.24) is 4.90 Å². The highest BCUT2D eigenvalue weighted by molar-refractivity contribution is 5.90. The van der Waals surface area contributed by atoms with E-state index in [2.05, 4.69) is 6.92 Å². The maximum atomic E-state index is 12.7. The molecular weight excluding hydrogens is 528 g/mol. The first kappa shape index (κ1) is 36.2. The molecule has 7 nitrogen and oxygen atoms in total. The van der Waals surface area contributed by atoms with E-state index in [1.165, 1.54) is 103 Å². The Kier molecular flexibility index (Phi) is 20.2. The molecule has 1 aliphatic rings. The number of carbonyl (C=O) groups excluding carboxylic acids is 2. The molecule has 0 aliphatic carbocycles. The van der Waals surface area contributed by atoms with Crippen LogP contribution in [-0.2, 0) is 32.1 Å². The Morgan fingerprint density at radius 1 is 0.857 bits per heavy atom. The summed E-state index contributed by atoms with van der Waals surface area (Å²) < 4.78 is 19.3. The molecule has 1 aromatic heterocycles. The minimum absolute atomic E-state index is 0.0477. The average Bonchev–Trinajstić information content (AvgIpc) is 3.45. The molecule has 1 aromatic rings. The van der Waals surface area contributed by atoms with Crippen molar-refractivity contribution < 1.29 is 28.4 Å². The zero-order valence-electron chi connectivity index (χ0n) is 27.2. The van der Waals surface area contributed by atoms with Gasteiger partial charge in [-0.15, -0.1) is 0 Å². The number of imide groups is 1. The van der Waals surface area contributed by atoms with Gasteiger partial charge in [-0.05, 0) is 19.8 Å². The van der Waals surface area contributed by atoms with Crippen LogP contribution in [0.5, 0.6) is 0 Å². The van der Waals surface area contributed by atoms with Gasteiger partial charge < -0.3 is 14.2 Å². The van der Waals surface area contributed by atoms with Gasteiger partial charge in [0, 0.05) is 31.6 Å². The van der Waals surface area contributed by atoms with Crippen LogP contribution in [0.1, 0.15) is 136 Å². The number of hydrogen-bond donors (Lipinski definition) is 0. The Bertz CT molecular complexity index is 848. The van der Waals surface area contributed by atoms with Gasteiger partial charge in [0.2, 0.25) is 11.6 Å². The highest BCUT2D eigenvalue weighted by Gasteiger charge is 2.29. The second-order valence-electron chi connectivity index (χ2n) is 12.1. The quantitative estimate of drug-likeness (QED) is 0.0899. The summed E-state index contributed by atoms with van der Waals surface area (Å²) in [6.07, 6.45) is 24.1. The molecule has 7 heteroatoms. The summed E-state index contributed by atoms with van der Waals surface area (Å²) >= 11 is 0. The van der Waals surface area contributed by atoms with Gasteiger partial charge in [0.15, 0.2) is 6.20 Å². The van der Waals surface area contributed by atoms with E-state index in [0.29, 0.717) is 13.2 Å². The van der Waals surface area contributed by atoms with Gasteiger partial charge in [0.25, 0.3) is 0 Å². The van der Waals surface area contributed by atoms with Crippen LogP contribution in [-0.4, -0.2) is 49.4 Å². The second kappa shape index (κ2) is 23.5. The summed E-state index contributed by atoms with van der Waals surface area (Å²) in [6, 6.07) is 5.76. The molecule has 0 saturated carbocycles. The molecule has 0 aromatic carbocycles. The maximum Gasteiger partial charge on any atom is 0.417 e. The summed E-state index contributed by atoms with van der Waals surface area (Å²) in [5, 5.41) is 0. The molecule has 0 radical (unpaired) electrons. The Labute approximate surface area is 256 Å². The molecule has 1 aliphatic heterocycles. The fraction of sp³-hybridized carbons (Fsp3) is 0.800. The van der Waals surface area contributed by atoms with Crippen molar-refractivity contribution in [3.63, 3.8) is 0 Å². The molecule has 0 bridgehead atoms. The van der Waals surface area contributed by atoms with Crippen LogP contribution < -0.4 is 4.57 Å². The molecule has 2 rings (SSSR count). The Balaban J connectivity index is 1.42. The molecule has 0 unspecified atom stereocenters. The lowest BCUT2D eigenvalue weighted by molar-refractivity contribution is -0.701. The van der Waals surface area contributed by atoms with Crippen molar-refractivity contribution in [2.45, 2.75) is 149 Å². The van der Waals surface area contributed by atoms with Crippen LogP contribution >= 0.6 is 0 Å². The molecule has 0 N–H and O–H groups in total. The molecule has 1 fully saturated rings. The third-order valence-corrected chi connectivity index (χ3v) is 8.35. The third kappa shape index (κ3) is 16.0. The topological polar surface area (TPSA) is 69.0 Å². The van der Waals surface area contributed by atoms with Gasteiger partial charge in [-0.2, -0.15) is 0 Å². The first-order valence-corrected chi connectivity index (χ1v) is 17.2. The number of amides is 2. The van der Waals surface area contributed by atoms with E-state index >= 15 is 0 Å². The lowest BCUT2D eigenvalue weighted by Crippen LogP contribution is -2.43. The zero-order valence-corrected chi connectivity index (χ0v) is 27.2. The predicted octanol–water partition coefficient (Wildman–Crippen LogP) is 8.16. The number of carbonyl (C=O) groups is 2. The van der Waals surface area contributed by atoms with Gasteiger partial charge >= 0.3 is 6.09 Å². The molecule has 2 atom stereocenters. The van der Waals surface area contributed by atoms with E-state index in [-0.39, 0.29) is 31.1 Å². The fourth-order valence-electron chi connectivity index (χ4n) is 5.68. The first-order valence-electron chi connectivity index (χ1n) is 17.2. The third-order valence-electron chi connectivity index (χ3n) is 8.35.